The zero-order chi connectivity index (χ0) is 34.0. The lowest BCUT2D eigenvalue weighted by Crippen LogP contribution is -2.32. The monoisotopic (exact) mass is 672 g/mol. The minimum atomic E-state index is -0.863. The molecular weight excluding hydrogens is 634 g/mol. The number of ether oxygens (including phenoxy) is 1. The van der Waals surface area contributed by atoms with Gasteiger partial charge in [-0.25, -0.2) is 14.6 Å². The van der Waals surface area contributed by atoms with Crippen LogP contribution in [0, 0.1) is 17.0 Å². The first-order valence-electron chi connectivity index (χ1n) is 15.7. The van der Waals surface area contributed by atoms with Crippen molar-refractivity contribution in [2.75, 3.05) is 13.2 Å². The van der Waals surface area contributed by atoms with Crippen LogP contribution in [0.5, 0.6) is 0 Å². The summed E-state index contributed by atoms with van der Waals surface area (Å²) in [5, 5.41) is 16.3. The molecule has 0 saturated heterocycles. The maximum absolute atomic E-state index is 15.7. The number of nitrogens with zero attached hydrogens (tertiary/aromatic N) is 3. The highest BCUT2D eigenvalue weighted by molar-refractivity contribution is 7.99. The van der Waals surface area contributed by atoms with E-state index in [0.717, 1.165) is 16.5 Å². The van der Waals surface area contributed by atoms with E-state index in [1.54, 1.807) is 41.5 Å². The molecule has 12 heteroatoms. The van der Waals surface area contributed by atoms with Gasteiger partial charge >= 0.3 is 5.97 Å². The lowest BCUT2D eigenvalue weighted by Gasteiger charge is -2.28. The highest BCUT2D eigenvalue weighted by Gasteiger charge is 2.25. The number of nitrogens with two attached hydrogens (primary N) is 2. The molecule has 3 heterocycles. The van der Waals surface area contributed by atoms with E-state index >= 15 is 8.78 Å². The molecule has 2 aromatic heterocycles. The summed E-state index contributed by atoms with van der Waals surface area (Å²) in [5.74, 6) is 4.73. The molecule has 250 valence electrons. The minimum Gasteiger partial charge on any atom is -0.481 e. The Morgan fingerprint density at radius 2 is 1.98 bits per heavy atom. The van der Waals surface area contributed by atoms with Crippen molar-refractivity contribution in [3.63, 3.8) is 0 Å². The number of aromatic amines is 1. The molecule has 3 aromatic carbocycles. The number of hydrogen-bond acceptors (Lipinski definition) is 7. The Bertz CT molecular complexity index is 1990. The van der Waals surface area contributed by atoms with Crippen LogP contribution in [-0.4, -0.2) is 44.1 Å². The second-order valence-electron chi connectivity index (χ2n) is 12.7. The van der Waals surface area contributed by atoms with Crippen LogP contribution < -0.4 is 11.6 Å². The first-order valence-corrected chi connectivity index (χ1v) is 16.5. The van der Waals surface area contributed by atoms with Gasteiger partial charge in [-0.15, -0.1) is 0 Å². The molecule has 0 radical (unpaired) electrons. The maximum atomic E-state index is 15.7. The number of hydrazine groups is 1. The Balaban J connectivity index is 1.44. The highest BCUT2D eigenvalue weighted by atomic mass is 32.2. The normalized spacial score (nSPS) is 18.3. The van der Waals surface area contributed by atoms with Crippen molar-refractivity contribution in [2.24, 2.45) is 17.0 Å². The van der Waals surface area contributed by atoms with E-state index in [1.165, 1.54) is 28.9 Å². The van der Waals surface area contributed by atoms with Crippen molar-refractivity contribution in [3.05, 3.63) is 113 Å². The number of nitrogens with one attached hydrogen (secondary N) is 1. The zero-order valence-electron chi connectivity index (χ0n) is 26.7. The summed E-state index contributed by atoms with van der Waals surface area (Å²) in [6, 6.07) is 17.2. The smallest absolute Gasteiger partial charge is 0.303 e. The van der Waals surface area contributed by atoms with Crippen LogP contribution in [0.15, 0.2) is 94.7 Å². The first kappa shape index (κ1) is 33.3. The number of benzene rings is 3. The quantitative estimate of drug-likeness (QED) is 0.150. The van der Waals surface area contributed by atoms with Gasteiger partial charge < -0.3 is 25.6 Å². The topological polar surface area (TPSA) is 135 Å². The van der Waals surface area contributed by atoms with Crippen molar-refractivity contribution in [1.29, 1.82) is 0 Å². The van der Waals surface area contributed by atoms with Gasteiger partial charge in [-0.3, -0.25) is 9.48 Å². The molecule has 0 fully saturated rings. The second-order valence-corrected chi connectivity index (χ2v) is 13.7. The number of rotatable bonds is 4. The number of halogens is 2. The molecule has 0 amide bonds. The largest absolute Gasteiger partial charge is 0.481 e. The summed E-state index contributed by atoms with van der Waals surface area (Å²) in [6.45, 7) is 4.76. The SMILES string of the molecule is CC1(C)COCCC(c2cccc(CCC(=O)O)c2)n2ccc(n2)-c2cc(ccc2F)Sc2c(F)cc3[nH]ccc3c2CN(N)/C=C/1N. The predicted molar refractivity (Wildman–Crippen MR) is 182 cm³/mol. The fourth-order valence-corrected chi connectivity index (χ4v) is 6.88. The molecule has 1 unspecified atom stereocenters. The van der Waals surface area contributed by atoms with Crippen molar-refractivity contribution < 1.29 is 23.4 Å². The number of carbonyl (C=O) groups is 1. The summed E-state index contributed by atoms with van der Waals surface area (Å²) >= 11 is 1.19. The van der Waals surface area contributed by atoms with Gasteiger partial charge in [0.05, 0.1) is 29.8 Å². The standard InChI is InChI=1S/C36H38F2N6O3S/c1-36(2)21-47-15-12-32(23-5-3-4-22(16-23)6-9-34(45)46)44-14-11-30(42-44)26-17-24(7-8-28(26)37)48-35-27(19-43(40)20-33(36)39)25-10-13-41-31(25)18-29(35)38/h3-5,7-8,10-11,13-14,16-18,20,32,41H,6,9,12,15,19,21,39-40H2,1-2H3,(H,45,46)/b33-20-. The van der Waals surface area contributed by atoms with Gasteiger partial charge in [0.15, 0.2) is 0 Å². The van der Waals surface area contributed by atoms with Gasteiger partial charge in [-0.2, -0.15) is 5.10 Å². The molecule has 1 aliphatic heterocycles. The molecule has 48 heavy (non-hydrogen) atoms. The molecule has 6 rings (SSSR count). The number of carboxylic acids is 1. The van der Waals surface area contributed by atoms with E-state index in [1.807, 2.05) is 44.2 Å². The number of hydrogen-bond donors (Lipinski definition) is 4. The van der Waals surface area contributed by atoms with Crippen LogP contribution in [0.2, 0.25) is 0 Å². The average molecular weight is 673 g/mol. The maximum Gasteiger partial charge on any atom is 0.303 e. The number of fused-ring (bicyclic) bond motifs is 8. The third-order valence-electron chi connectivity index (χ3n) is 8.62. The van der Waals surface area contributed by atoms with Crippen LogP contribution in [0.25, 0.3) is 22.2 Å². The van der Waals surface area contributed by atoms with Gasteiger partial charge in [-0.1, -0.05) is 49.9 Å². The third kappa shape index (κ3) is 7.25. The van der Waals surface area contributed by atoms with Gasteiger partial charge in [0.2, 0.25) is 0 Å². The van der Waals surface area contributed by atoms with E-state index in [0.29, 0.717) is 58.3 Å². The van der Waals surface area contributed by atoms with Crippen LogP contribution in [-0.2, 0) is 22.5 Å². The Morgan fingerprint density at radius 3 is 2.79 bits per heavy atom. The predicted octanol–water partition coefficient (Wildman–Crippen LogP) is 6.99. The number of aliphatic carboxylic acids is 1. The molecule has 0 saturated carbocycles. The van der Waals surface area contributed by atoms with Gasteiger partial charge in [-0.05, 0) is 65.9 Å². The highest BCUT2D eigenvalue weighted by Crippen LogP contribution is 2.39. The Kier molecular flexibility index (Phi) is 9.58. The fraction of sp³-hybridized carbons (Fsp3) is 0.278. The summed E-state index contributed by atoms with van der Waals surface area (Å²) in [4.78, 5) is 15.3. The first-order chi connectivity index (χ1) is 23.0. The van der Waals surface area contributed by atoms with E-state index in [9.17, 15) is 9.90 Å². The average Bonchev–Trinajstić information content (AvgIpc) is 3.72. The van der Waals surface area contributed by atoms with Crippen LogP contribution in [0.4, 0.5) is 8.78 Å². The zero-order valence-corrected chi connectivity index (χ0v) is 27.6. The fourth-order valence-electron chi connectivity index (χ4n) is 5.87. The van der Waals surface area contributed by atoms with Crippen LogP contribution >= 0.6 is 11.8 Å². The van der Waals surface area contributed by atoms with E-state index < -0.39 is 23.0 Å². The summed E-state index contributed by atoms with van der Waals surface area (Å²) < 4.78 is 39.1. The van der Waals surface area contributed by atoms with Crippen LogP contribution in [0.1, 0.15) is 49.4 Å². The van der Waals surface area contributed by atoms with Crippen molar-refractivity contribution >= 4 is 28.6 Å². The Labute approximate surface area is 281 Å². The molecule has 1 atom stereocenters. The van der Waals surface area contributed by atoms with Gasteiger partial charge in [0.25, 0.3) is 0 Å². The molecule has 1 aliphatic rings. The Morgan fingerprint density at radius 1 is 1.15 bits per heavy atom. The van der Waals surface area contributed by atoms with E-state index in [-0.39, 0.29) is 24.6 Å². The molecule has 0 aliphatic carbocycles. The van der Waals surface area contributed by atoms with Gasteiger partial charge in [0, 0.05) is 64.1 Å². The lowest BCUT2D eigenvalue weighted by atomic mass is 9.91. The van der Waals surface area contributed by atoms with Gasteiger partial charge in [0.1, 0.15) is 11.6 Å². The summed E-state index contributed by atoms with van der Waals surface area (Å²) in [6.07, 6.45) is 6.16. The molecule has 4 bridgehead atoms. The van der Waals surface area contributed by atoms with E-state index in [4.69, 9.17) is 21.4 Å². The Hall–Kier alpha value is -4.65. The second kappa shape index (κ2) is 13.8. The lowest BCUT2D eigenvalue weighted by molar-refractivity contribution is -0.136. The molecule has 6 N–H and O–H groups in total. The van der Waals surface area contributed by atoms with E-state index in [2.05, 4.69) is 4.98 Å². The number of aromatic nitrogens is 3. The molecule has 0 spiro atoms. The molecule has 9 nitrogen and oxygen atoms in total. The summed E-state index contributed by atoms with van der Waals surface area (Å²) in [7, 11) is 0. The number of aryl methyl sites for hydroxylation is 1. The van der Waals surface area contributed by atoms with Crippen molar-refractivity contribution in [3.8, 4) is 11.3 Å². The molecule has 5 aromatic rings. The minimum absolute atomic E-state index is 0.0193. The number of carboxylic acid groups (broad SMARTS) is 1. The number of H-pyrrole nitrogens is 1. The third-order valence-corrected chi connectivity index (χ3v) is 9.75. The summed E-state index contributed by atoms with van der Waals surface area (Å²) in [5.41, 5.74) is 10.3. The van der Waals surface area contributed by atoms with Crippen LogP contribution in [0.3, 0.4) is 0 Å². The van der Waals surface area contributed by atoms with Crippen molar-refractivity contribution in [2.45, 2.75) is 55.5 Å². The molecular formula is C36H38F2N6O3S. The van der Waals surface area contributed by atoms with Crippen molar-refractivity contribution in [1.82, 2.24) is 19.8 Å².